The number of amides is 2. The van der Waals surface area contributed by atoms with E-state index >= 15 is 0 Å². The average Bonchev–Trinajstić information content (AvgIpc) is 2.98. The molecule has 1 saturated heterocycles. The number of fused-ring (bicyclic) bond motifs is 1. The molecule has 0 bridgehead atoms. The maximum absolute atomic E-state index is 13.1. The number of carbonyl (C=O) groups excluding carboxylic acids is 2. The second-order valence-corrected chi connectivity index (χ2v) is 7.64. The zero-order valence-corrected chi connectivity index (χ0v) is 15.4. The Balaban J connectivity index is 1.38. The van der Waals surface area contributed by atoms with Crippen molar-refractivity contribution in [2.75, 3.05) is 13.1 Å². The minimum Gasteiger partial charge on any atom is -0.344 e. The van der Waals surface area contributed by atoms with Crippen molar-refractivity contribution in [3.05, 3.63) is 63.1 Å². The van der Waals surface area contributed by atoms with E-state index in [1.54, 1.807) is 11.8 Å². The highest BCUT2D eigenvalue weighted by atomic mass is 16.2. The maximum atomic E-state index is 13.1. The number of hydrogen-bond acceptors (Lipinski definition) is 4. The topological polar surface area (TPSA) is 95.2 Å². The highest BCUT2D eigenvalue weighted by Crippen LogP contribution is 2.40. The minimum absolute atomic E-state index is 0.101. The van der Waals surface area contributed by atoms with Gasteiger partial charge in [-0.05, 0) is 43.9 Å². The fourth-order valence-electron chi connectivity index (χ4n) is 3.98. The Morgan fingerprint density at radius 3 is 2.78 bits per heavy atom. The molecule has 7 nitrogen and oxygen atoms in total. The summed E-state index contributed by atoms with van der Waals surface area (Å²) < 4.78 is 0. The average molecular weight is 366 g/mol. The maximum Gasteiger partial charge on any atom is 0.272 e. The molecule has 2 heterocycles. The number of benzene rings is 1. The highest BCUT2D eigenvalue weighted by molar-refractivity contribution is 5.93. The van der Waals surface area contributed by atoms with Crippen LogP contribution in [0.15, 0.2) is 35.1 Å². The van der Waals surface area contributed by atoms with Crippen molar-refractivity contribution in [2.45, 2.75) is 38.1 Å². The molecule has 7 heteroatoms. The van der Waals surface area contributed by atoms with E-state index in [1.807, 2.05) is 25.1 Å². The number of nitrogens with one attached hydrogen (secondary N) is 2. The molecule has 27 heavy (non-hydrogen) atoms. The SMILES string of the molecule is Cc1cc(C(=O)NC2CN(C(=O)C3(C)CCc4ccccc43)C2)n[nH]c1=O. The van der Waals surface area contributed by atoms with Crippen LogP contribution in [0.3, 0.4) is 0 Å². The summed E-state index contributed by atoms with van der Waals surface area (Å²) in [5.74, 6) is -0.222. The lowest BCUT2D eigenvalue weighted by Gasteiger charge is -2.43. The van der Waals surface area contributed by atoms with Crippen molar-refractivity contribution in [3.8, 4) is 0 Å². The molecule has 0 radical (unpaired) electrons. The molecular weight excluding hydrogens is 344 g/mol. The van der Waals surface area contributed by atoms with Crippen molar-refractivity contribution in [3.63, 3.8) is 0 Å². The summed E-state index contributed by atoms with van der Waals surface area (Å²) in [5, 5.41) is 8.95. The third kappa shape index (κ3) is 2.93. The van der Waals surface area contributed by atoms with Crippen molar-refractivity contribution < 1.29 is 9.59 Å². The van der Waals surface area contributed by atoms with Crippen LogP contribution < -0.4 is 10.9 Å². The fraction of sp³-hybridized carbons (Fsp3) is 0.400. The van der Waals surface area contributed by atoms with Crippen LogP contribution in [0.25, 0.3) is 0 Å². The van der Waals surface area contributed by atoms with Gasteiger partial charge in [-0.15, -0.1) is 0 Å². The van der Waals surface area contributed by atoms with Crippen LogP contribution in [-0.4, -0.2) is 46.0 Å². The van der Waals surface area contributed by atoms with Crippen LogP contribution in [0, 0.1) is 6.92 Å². The molecule has 0 spiro atoms. The number of carbonyl (C=O) groups is 2. The van der Waals surface area contributed by atoms with Crippen LogP contribution >= 0.6 is 0 Å². The number of nitrogens with zero attached hydrogens (tertiary/aromatic N) is 2. The number of aromatic amines is 1. The summed E-state index contributed by atoms with van der Waals surface area (Å²) in [6, 6.07) is 9.49. The van der Waals surface area contributed by atoms with Crippen molar-refractivity contribution >= 4 is 11.8 Å². The predicted octanol–water partition coefficient (Wildman–Crippen LogP) is 0.923. The Morgan fingerprint density at radius 1 is 1.30 bits per heavy atom. The molecule has 140 valence electrons. The third-order valence-corrected chi connectivity index (χ3v) is 5.70. The third-order valence-electron chi connectivity index (χ3n) is 5.70. The lowest BCUT2D eigenvalue weighted by Crippen LogP contribution is -2.63. The summed E-state index contributed by atoms with van der Waals surface area (Å²) >= 11 is 0. The van der Waals surface area contributed by atoms with Crippen molar-refractivity contribution in [2.24, 2.45) is 0 Å². The lowest BCUT2D eigenvalue weighted by molar-refractivity contribution is -0.141. The summed E-state index contributed by atoms with van der Waals surface area (Å²) in [7, 11) is 0. The van der Waals surface area contributed by atoms with E-state index < -0.39 is 5.41 Å². The minimum atomic E-state index is -0.483. The molecule has 4 rings (SSSR count). The molecule has 1 aliphatic carbocycles. The van der Waals surface area contributed by atoms with Gasteiger partial charge in [0.15, 0.2) is 0 Å². The largest absolute Gasteiger partial charge is 0.344 e. The van der Waals surface area contributed by atoms with Gasteiger partial charge >= 0.3 is 0 Å². The summed E-state index contributed by atoms with van der Waals surface area (Å²) in [5.41, 5.74) is 2.19. The molecule has 1 aromatic carbocycles. The van der Waals surface area contributed by atoms with Gasteiger partial charge in [-0.3, -0.25) is 14.4 Å². The van der Waals surface area contributed by atoms with E-state index in [-0.39, 0.29) is 29.1 Å². The molecular formula is C20H22N4O3. The smallest absolute Gasteiger partial charge is 0.272 e. The van der Waals surface area contributed by atoms with Gasteiger partial charge in [0, 0.05) is 18.7 Å². The van der Waals surface area contributed by atoms with Gasteiger partial charge in [0.2, 0.25) is 5.91 Å². The monoisotopic (exact) mass is 366 g/mol. The van der Waals surface area contributed by atoms with Crippen LogP contribution in [-0.2, 0) is 16.6 Å². The first-order valence-corrected chi connectivity index (χ1v) is 9.13. The molecule has 1 aliphatic heterocycles. The molecule has 1 atom stereocenters. The second kappa shape index (κ2) is 6.33. The van der Waals surface area contributed by atoms with Gasteiger partial charge in [-0.25, -0.2) is 5.10 Å². The first-order valence-electron chi connectivity index (χ1n) is 9.13. The molecule has 0 saturated carbocycles. The summed E-state index contributed by atoms with van der Waals surface area (Å²) in [6.45, 7) is 4.62. The van der Waals surface area contributed by atoms with E-state index in [0.29, 0.717) is 18.7 Å². The lowest BCUT2D eigenvalue weighted by atomic mass is 9.81. The molecule has 2 amide bonds. The predicted molar refractivity (Wildman–Crippen MR) is 99.5 cm³/mol. The number of aromatic nitrogens is 2. The first-order chi connectivity index (χ1) is 12.9. The Hall–Kier alpha value is -2.96. The van der Waals surface area contributed by atoms with Crippen LogP contribution in [0.1, 0.15) is 40.5 Å². The van der Waals surface area contributed by atoms with Gasteiger partial charge in [0.25, 0.3) is 11.5 Å². The first kappa shape index (κ1) is 17.5. The van der Waals surface area contributed by atoms with Crippen molar-refractivity contribution in [1.82, 2.24) is 20.4 Å². The highest BCUT2D eigenvalue weighted by Gasteiger charge is 2.46. The Kier molecular flexibility index (Phi) is 4.09. The number of H-pyrrole nitrogens is 1. The molecule has 2 aliphatic rings. The van der Waals surface area contributed by atoms with Crippen LogP contribution in [0.5, 0.6) is 0 Å². The van der Waals surface area contributed by atoms with E-state index in [0.717, 1.165) is 18.4 Å². The number of hydrogen-bond donors (Lipinski definition) is 2. The van der Waals surface area contributed by atoms with Crippen molar-refractivity contribution in [1.29, 1.82) is 0 Å². The molecule has 1 fully saturated rings. The van der Waals surface area contributed by atoms with Gasteiger partial charge < -0.3 is 10.2 Å². The standard InChI is InChI=1S/C20H22N4O3/c1-12-9-16(22-23-17(12)25)18(26)21-14-10-24(11-14)19(27)20(2)8-7-13-5-3-4-6-15(13)20/h3-6,9,14H,7-8,10-11H2,1-2H3,(H,21,26)(H,23,25). The van der Waals surface area contributed by atoms with Gasteiger partial charge in [-0.1, -0.05) is 24.3 Å². The fourth-order valence-corrected chi connectivity index (χ4v) is 3.98. The quantitative estimate of drug-likeness (QED) is 0.845. The molecule has 2 aromatic rings. The van der Waals surface area contributed by atoms with Gasteiger partial charge in [0.1, 0.15) is 5.69 Å². The second-order valence-electron chi connectivity index (χ2n) is 7.64. The van der Waals surface area contributed by atoms with Crippen LogP contribution in [0.4, 0.5) is 0 Å². The van der Waals surface area contributed by atoms with Gasteiger partial charge in [-0.2, -0.15) is 5.10 Å². The molecule has 2 N–H and O–H groups in total. The van der Waals surface area contributed by atoms with Crippen LogP contribution in [0.2, 0.25) is 0 Å². The summed E-state index contributed by atoms with van der Waals surface area (Å²) in [6.07, 6.45) is 1.74. The number of likely N-dealkylation sites (tertiary alicyclic amines) is 1. The molecule has 1 unspecified atom stereocenters. The summed E-state index contributed by atoms with van der Waals surface area (Å²) in [4.78, 5) is 38.5. The number of rotatable bonds is 3. The van der Waals surface area contributed by atoms with Gasteiger partial charge in [0.05, 0.1) is 11.5 Å². The Morgan fingerprint density at radius 2 is 2.04 bits per heavy atom. The Bertz CT molecular complexity index is 977. The van der Waals surface area contributed by atoms with E-state index in [4.69, 9.17) is 0 Å². The molecule has 1 aromatic heterocycles. The Labute approximate surface area is 156 Å². The normalized spacial score (nSPS) is 21.5. The number of aryl methyl sites for hydroxylation is 2. The van der Waals surface area contributed by atoms with E-state index in [9.17, 15) is 14.4 Å². The van der Waals surface area contributed by atoms with E-state index in [2.05, 4.69) is 21.6 Å². The zero-order chi connectivity index (χ0) is 19.2. The van der Waals surface area contributed by atoms with E-state index in [1.165, 1.54) is 11.6 Å². The zero-order valence-electron chi connectivity index (χ0n) is 15.4.